The summed E-state index contributed by atoms with van der Waals surface area (Å²) >= 11 is 3.20. The number of rotatable bonds is 4. The van der Waals surface area contributed by atoms with Crippen molar-refractivity contribution in [2.45, 2.75) is 16.6 Å². The SMILES string of the molecule is NCc1ccc(F)c(CSc2nc3ccccc3s2)c1. The smallest absolute Gasteiger partial charge is 0.151 e. The molecular formula is C15H13FN2S2. The molecule has 20 heavy (non-hydrogen) atoms. The molecule has 1 heterocycles. The van der Waals surface area contributed by atoms with Crippen LogP contribution in [0.1, 0.15) is 11.1 Å². The molecule has 0 saturated carbocycles. The summed E-state index contributed by atoms with van der Waals surface area (Å²) < 4.78 is 15.9. The van der Waals surface area contributed by atoms with Crippen molar-refractivity contribution in [3.63, 3.8) is 0 Å². The van der Waals surface area contributed by atoms with Gasteiger partial charge in [-0.1, -0.05) is 36.0 Å². The van der Waals surface area contributed by atoms with Crippen LogP contribution in [0, 0.1) is 5.82 Å². The van der Waals surface area contributed by atoms with Crippen molar-refractivity contribution < 1.29 is 4.39 Å². The Morgan fingerprint density at radius 3 is 2.85 bits per heavy atom. The van der Waals surface area contributed by atoms with Crippen LogP contribution >= 0.6 is 23.1 Å². The number of nitrogens with zero attached hydrogens (tertiary/aromatic N) is 1. The van der Waals surface area contributed by atoms with Gasteiger partial charge in [0.2, 0.25) is 0 Å². The van der Waals surface area contributed by atoms with Gasteiger partial charge in [-0.25, -0.2) is 9.37 Å². The number of para-hydroxylation sites is 1. The molecule has 5 heteroatoms. The molecule has 0 spiro atoms. The normalized spacial score (nSPS) is 11.1. The van der Waals surface area contributed by atoms with Crippen molar-refractivity contribution in [1.29, 1.82) is 0 Å². The van der Waals surface area contributed by atoms with E-state index in [4.69, 9.17) is 5.73 Å². The Labute approximate surface area is 124 Å². The minimum atomic E-state index is -0.184. The van der Waals surface area contributed by atoms with Crippen molar-refractivity contribution in [3.8, 4) is 0 Å². The van der Waals surface area contributed by atoms with Gasteiger partial charge >= 0.3 is 0 Å². The molecule has 0 unspecified atom stereocenters. The topological polar surface area (TPSA) is 38.9 Å². The summed E-state index contributed by atoms with van der Waals surface area (Å²) in [5, 5.41) is 0. The molecule has 0 amide bonds. The van der Waals surface area contributed by atoms with Gasteiger partial charge in [-0.05, 0) is 29.3 Å². The lowest BCUT2D eigenvalue weighted by atomic mass is 10.1. The standard InChI is InChI=1S/C15H13FN2S2/c16-12-6-5-10(8-17)7-11(12)9-19-15-18-13-3-1-2-4-14(13)20-15/h1-7H,8-9,17H2. The average Bonchev–Trinajstić information content (AvgIpc) is 2.89. The lowest BCUT2D eigenvalue weighted by molar-refractivity contribution is 0.616. The Morgan fingerprint density at radius 2 is 2.05 bits per heavy atom. The van der Waals surface area contributed by atoms with Crippen LogP contribution in [0.2, 0.25) is 0 Å². The second kappa shape index (κ2) is 5.91. The van der Waals surface area contributed by atoms with E-state index in [0.717, 1.165) is 20.1 Å². The zero-order chi connectivity index (χ0) is 13.9. The largest absolute Gasteiger partial charge is 0.326 e. The molecule has 0 aliphatic rings. The fourth-order valence-corrected chi connectivity index (χ4v) is 3.96. The van der Waals surface area contributed by atoms with E-state index < -0.39 is 0 Å². The summed E-state index contributed by atoms with van der Waals surface area (Å²) in [6, 6.07) is 13.0. The molecule has 2 nitrogen and oxygen atoms in total. The fraction of sp³-hybridized carbons (Fsp3) is 0.133. The molecule has 2 aromatic carbocycles. The number of nitrogens with two attached hydrogens (primary N) is 1. The highest BCUT2D eigenvalue weighted by atomic mass is 32.2. The molecule has 0 atom stereocenters. The van der Waals surface area contributed by atoms with E-state index in [1.165, 1.54) is 6.07 Å². The van der Waals surface area contributed by atoms with Gasteiger partial charge < -0.3 is 5.73 Å². The molecule has 2 N–H and O–H groups in total. The second-order valence-electron chi connectivity index (χ2n) is 4.37. The first kappa shape index (κ1) is 13.5. The zero-order valence-corrected chi connectivity index (χ0v) is 12.3. The average molecular weight is 304 g/mol. The first-order chi connectivity index (χ1) is 9.76. The van der Waals surface area contributed by atoms with E-state index in [2.05, 4.69) is 4.98 Å². The lowest BCUT2D eigenvalue weighted by Crippen LogP contribution is -1.98. The van der Waals surface area contributed by atoms with E-state index in [-0.39, 0.29) is 5.82 Å². The molecule has 1 aromatic heterocycles. The highest BCUT2D eigenvalue weighted by Crippen LogP contribution is 2.31. The Hall–Kier alpha value is -1.43. The van der Waals surface area contributed by atoms with Crippen LogP contribution in [0.3, 0.4) is 0 Å². The van der Waals surface area contributed by atoms with Gasteiger partial charge in [-0.2, -0.15) is 0 Å². The number of thiazole rings is 1. The number of aromatic nitrogens is 1. The van der Waals surface area contributed by atoms with Crippen LogP contribution in [-0.4, -0.2) is 4.98 Å². The maximum absolute atomic E-state index is 13.7. The molecule has 102 valence electrons. The van der Waals surface area contributed by atoms with Crippen LogP contribution < -0.4 is 5.73 Å². The third-order valence-electron chi connectivity index (χ3n) is 2.97. The second-order valence-corrected chi connectivity index (χ2v) is 6.62. The van der Waals surface area contributed by atoms with Crippen LogP contribution in [-0.2, 0) is 12.3 Å². The molecule has 0 bridgehead atoms. The third-order valence-corrected chi connectivity index (χ3v) is 5.20. The third kappa shape index (κ3) is 2.85. The summed E-state index contributed by atoms with van der Waals surface area (Å²) in [6.45, 7) is 0.430. The predicted molar refractivity (Wildman–Crippen MR) is 83.5 cm³/mol. The first-order valence-corrected chi connectivity index (χ1v) is 8.02. The van der Waals surface area contributed by atoms with Gasteiger partial charge in [-0.15, -0.1) is 11.3 Å². The lowest BCUT2D eigenvalue weighted by Gasteiger charge is -2.04. The number of benzene rings is 2. The van der Waals surface area contributed by atoms with E-state index in [0.29, 0.717) is 17.9 Å². The Kier molecular flexibility index (Phi) is 4.00. The van der Waals surface area contributed by atoms with E-state index >= 15 is 0 Å². The van der Waals surface area contributed by atoms with E-state index in [1.54, 1.807) is 29.2 Å². The first-order valence-electron chi connectivity index (χ1n) is 6.22. The minimum absolute atomic E-state index is 0.184. The minimum Gasteiger partial charge on any atom is -0.326 e. The molecule has 3 rings (SSSR count). The Balaban J connectivity index is 1.79. The summed E-state index contributed by atoms with van der Waals surface area (Å²) in [5.74, 6) is 0.385. The quantitative estimate of drug-likeness (QED) is 0.735. The molecule has 0 radical (unpaired) electrons. The van der Waals surface area contributed by atoms with Crippen molar-refractivity contribution in [2.24, 2.45) is 5.73 Å². The van der Waals surface area contributed by atoms with Gasteiger partial charge in [0.05, 0.1) is 10.2 Å². The van der Waals surface area contributed by atoms with Crippen LogP contribution in [0.25, 0.3) is 10.2 Å². The van der Waals surface area contributed by atoms with E-state index in [1.807, 2.05) is 30.3 Å². The van der Waals surface area contributed by atoms with Gasteiger partial charge in [0.1, 0.15) is 5.82 Å². The van der Waals surface area contributed by atoms with Gasteiger partial charge in [0, 0.05) is 12.3 Å². The highest BCUT2D eigenvalue weighted by molar-refractivity contribution is 8.00. The van der Waals surface area contributed by atoms with E-state index in [9.17, 15) is 4.39 Å². The number of thioether (sulfide) groups is 1. The summed E-state index contributed by atoms with van der Waals surface area (Å²) in [7, 11) is 0. The van der Waals surface area contributed by atoms with Crippen molar-refractivity contribution in [3.05, 3.63) is 59.4 Å². The molecule has 0 aliphatic heterocycles. The van der Waals surface area contributed by atoms with Crippen LogP contribution in [0.15, 0.2) is 46.8 Å². The van der Waals surface area contributed by atoms with Crippen molar-refractivity contribution in [1.82, 2.24) is 4.98 Å². The molecule has 0 saturated heterocycles. The number of fused-ring (bicyclic) bond motifs is 1. The zero-order valence-electron chi connectivity index (χ0n) is 10.7. The summed E-state index contributed by atoms with van der Waals surface area (Å²) in [6.07, 6.45) is 0. The van der Waals surface area contributed by atoms with Gasteiger partial charge in [0.25, 0.3) is 0 Å². The number of hydrogen-bond donors (Lipinski definition) is 1. The summed E-state index contributed by atoms with van der Waals surface area (Å²) in [4.78, 5) is 4.53. The Morgan fingerprint density at radius 1 is 1.20 bits per heavy atom. The molecule has 3 aromatic rings. The highest BCUT2D eigenvalue weighted by Gasteiger charge is 2.07. The maximum atomic E-state index is 13.7. The van der Waals surface area contributed by atoms with Gasteiger partial charge in [0.15, 0.2) is 4.34 Å². The number of hydrogen-bond acceptors (Lipinski definition) is 4. The molecular weight excluding hydrogens is 291 g/mol. The predicted octanol–water partition coefficient (Wildman–Crippen LogP) is 4.19. The van der Waals surface area contributed by atoms with Crippen molar-refractivity contribution in [2.75, 3.05) is 0 Å². The molecule has 0 fully saturated rings. The van der Waals surface area contributed by atoms with Gasteiger partial charge in [-0.3, -0.25) is 0 Å². The summed E-state index contributed by atoms with van der Waals surface area (Å²) in [5.41, 5.74) is 8.21. The fourth-order valence-electron chi connectivity index (χ4n) is 1.92. The van der Waals surface area contributed by atoms with Crippen molar-refractivity contribution >= 4 is 33.3 Å². The van der Waals surface area contributed by atoms with Crippen LogP contribution in [0.4, 0.5) is 4.39 Å². The molecule has 0 aliphatic carbocycles. The maximum Gasteiger partial charge on any atom is 0.151 e. The Bertz CT molecular complexity index is 707. The number of halogens is 1. The van der Waals surface area contributed by atoms with Crippen LogP contribution in [0.5, 0.6) is 0 Å². The monoisotopic (exact) mass is 304 g/mol.